The van der Waals surface area contributed by atoms with E-state index in [1.54, 1.807) is 25.3 Å². The van der Waals surface area contributed by atoms with Gasteiger partial charge < -0.3 is 24.1 Å². The van der Waals surface area contributed by atoms with Crippen molar-refractivity contribution in [3.05, 3.63) is 85.8 Å². The van der Waals surface area contributed by atoms with Crippen molar-refractivity contribution in [3.63, 3.8) is 0 Å². The van der Waals surface area contributed by atoms with Gasteiger partial charge in [-0.15, -0.1) is 11.3 Å². The molecule has 1 unspecified atom stereocenters. The van der Waals surface area contributed by atoms with Crippen LogP contribution in [0.3, 0.4) is 0 Å². The number of ether oxygens (including phenoxy) is 3. The first-order chi connectivity index (χ1) is 18.9. The minimum atomic E-state index is -0.116. The number of nitrogens with zero attached hydrogens (tertiary/aromatic N) is 2. The van der Waals surface area contributed by atoms with E-state index < -0.39 is 0 Å². The molecule has 2 aromatic heterocycles. The van der Waals surface area contributed by atoms with Crippen molar-refractivity contribution in [3.8, 4) is 22.9 Å². The normalized spacial score (nSPS) is 14.9. The lowest BCUT2D eigenvalue weighted by atomic mass is 10.2. The molecule has 0 saturated carbocycles. The molecule has 1 N–H and O–H groups in total. The van der Waals surface area contributed by atoms with E-state index in [4.69, 9.17) is 42.4 Å². The molecule has 1 atom stereocenters. The van der Waals surface area contributed by atoms with Crippen LogP contribution in [0.2, 0.25) is 10.0 Å². The summed E-state index contributed by atoms with van der Waals surface area (Å²) >= 11 is 13.7. The van der Waals surface area contributed by atoms with Gasteiger partial charge in [-0.25, -0.2) is 4.98 Å². The molecule has 4 aromatic rings. The Kier molecular flexibility index (Phi) is 8.77. The molecule has 0 spiro atoms. The van der Waals surface area contributed by atoms with Crippen LogP contribution < -0.4 is 14.8 Å². The SMILES string of the molecule is COc1ccc(Cn2c(-c3csc(COc4cc(Cl)cc(Cl)c4)n3)cc(C(=O)NCC3CCCO3)c2C)cc1. The van der Waals surface area contributed by atoms with Crippen molar-refractivity contribution in [2.75, 3.05) is 20.3 Å². The van der Waals surface area contributed by atoms with Gasteiger partial charge in [-0.1, -0.05) is 35.3 Å². The van der Waals surface area contributed by atoms with E-state index in [1.165, 1.54) is 11.3 Å². The van der Waals surface area contributed by atoms with Crippen molar-refractivity contribution in [2.45, 2.75) is 39.0 Å². The number of benzene rings is 2. The van der Waals surface area contributed by atoms with Crippen LogP contribution in [-0.2, 0) is 17.9 Å². The third-order valence-corrected chi connectivity index (χ3v) is 7.90. The van der Waals surface area contributed by atoms with Gasteiger partial charge in [0.2, 0.25) is 0 Å². The van der Waals surface area contributed by atoms with Crippen molar-refractivity contribution < 1.29 is 19.0 Å². The second-order valence-corrected chi connectivity index (χ2v) is 11.1. The molecule has 7 nitrogen and oxygen atoms in total. The predicted octanol–water partition coefficient (Wildman–Crippen LogP) is 6.77. The molecule has 1 fully saturated rings. The quantitative estimate of drug-likeness (QED) is 0.222. The van der Waals surface area contributed by atoms with Crippen LogP contribution in [0, 0.1) is 6.92 Å². The van der Waals surface area contributed by atoms with Gasteiger partial charge in [0.05, 0.1) is 30.2 Å². The lowest BCUT2D eigenvalue weighted by molar-refractivity contribution is 0.0857. The van der Waals surface area contributed by atoms with Crippen molar-refractivity contribution >= 4 is 40.4 Å². The van der Waals surface area contributed by atoms with Crippen LogP contribution in [0.1, 0.15) is 39.5 Å². The molecule has 204 valence electrons. The van der Waals surface area contributed by atoms with E-state index in [1.807, 2.05) is 42.6 Å². The zero-order valence-corrected chi connectivity index (χ0v) is 24.0. The van der Waals surface area contributed by atoms with Gasteiger partial charge in [0, 0.05) is 40.8 Å². The Morgan fingerprint density at radius 2 is 1.92 bits per heavy atom. The highest BCUT2D eigenvalue weighted by Gasteiger charge is 2.22. The number of rotatable bonds is 10. The molecule has 10 heteroatoms. The number of nitrogens with one attached hydrogen (secondary N) is 1. The number of methoxy groups -OCH3 is 1. The number of hydrogen-bond acceptors (Lipinski definition) is 6. The number of hydrogen-bond donors (Lipinski definition) is 1. The van der Waals surface area contributed by atoms with Crippen LogP contribution in [0.15, 0.2) is 53.9 Å². The fourth-order valence-electron chi connectivity index (χ4n) is 4.56. The Hall–Kier alpha value is -3.04. The summed E-state index contributed by atoms with van der Waals surface area (Å²) in [6.07, 6.45) is 2.07. The molecule has 0 radical (unpaired) electrons. The van der Waals surface area contributed by atoms with Gasteiger partial charge in [0.15, 0.2) is 0 Å². The molecule has 1 aliphatic heterocycles. The van der Waals surface area contributed by atoms with Gasteiger partial charge >= 0.3 is 0 Å². The van der Waals surface area contributed by atoms with Gasteiger partial charge in [-0.05, 0) is 61.7 Å². The number of thiazole rings is 1. The minimum absolute atomic E-state index is 0.0746. The standard InChI is InChI=1S/C29H29Cl2N3O4S/c1-18-25(29(35)32-14-23-4-3-9-37-23)13-27(34(18)15-19-5-7-22(36-2)8-6-19)26-17-39-28(33-26)16-38-24-11-20(30)10-21(31)12-24/h5-8,10-13,17,23H,3-4,9,14-16H2,1-2H3,(H,32,35). The van der Waals surface area contributed by atoms with Gasteiger partial charge in [0.1, 0.15) is 23.1 Å². The molecule has 0 bridgehead atoms. The number of carbonyl (C=O) groups is 1. The highest BCUT2D eigenvalue weighted by molar-refractivity contribution is 7.09. The molecular weight excluding hydrogens is 557 g/mol. The van der Waals surface area contributed by atoms with E-state index >= 15 is 0 Å². The van der Waals surface area contributed by atoms with Crippen molar-refractivity contribution in [1.82, 2.24) is 14.9 Å². The maximum atomic E-state index is 13.2. The van der Waals surface area contributed by atoms with Gasteiger partial charge in [-0.3, -0.25) is 4.79 Å². The summed E-state index contributed by atoms with van der Waals surface area (Å²) in [6, 6.07) is 14.9. The average molecular weight is 587 g/mol. The molecular formula is C29H29Cl2N3O4S. The van der Waals surface area contributed by atoms with Crippen molar-refractivity contribution in [2.24, 2.45) is 0 Å². The van der Waals surface area contributed by atoms with E-state index in [9.17, 15) is 4.79 Å². The summed E-state index contributed by atoms with van der Waals surface area (Å²) in [4.78, 5) is 18.0. The maximum absolute atomic E-state index is 13.2. The fraction of sp³-hybridized carbons (Fsp3) is 0.310. The Bertz CT molecular complexity index is 1430. The van der Waals surface area contributed by atoms with E-state index in [-0.39, 0.29) is 18.6 Å². The van der Waals surface area contributed by atoms with Crippen LogP contribution in [0.5, 0.6) is 11.5 Å². The molecule has 2 aromatic carbocycles. The summed E-state index contributed by atoms with van der Waals surface area (Å²) in [5.74, 6) is 1.25. The Balaban J connectivity index is 1.40. The van der Waals surface area contributed by atoms with Crippen molar-refractivity contribution in [1.29, 1.82) is 0 Å². The summed E-state index contributed by atoms with van der Waals surface area (Å²) < 4.78 is 19.0. The van der Waals surface area contributed by atoms with E-state index in [2.05, 4.69) is 9.88 Å². The lowest BCUT2D eigenvalue weighted by Gasteiger charge is -2.13. The van der Waals surface area contributed by atoms with Crippen LogP contribution in [0.25, 0.3) is 11.4 Å². The molecule has 1 saturated heterocycles. The monoisotopic (exact) mass is 585 g/mol. The molecule has 1 aliphatic rings. The van der Waals surface area contributed by atoms with Crippen LogP contribution >= 0.6 is 34.5 Å². The summed E-state index contributed by atoms with van der Waals surface area (Å²) in [7, 11) is 1.65. The number of aromatic nitrogens is 2. The zero-order valence-electron chi connectivity index (χ0n) is 21.7. The number of carbonyl (C=O) groups excluding carboxylic acids is 1. The molecule has 3 heterocycles. The number of halogens is 2. The van der Waals surface area contributed by atoms with Gasteiger partial charge in [-0.2, -0.15) is 0 Å². The first-order valence-electron chi connectivity index (χ1n) is 12.7. The second-order valence-electron chi connectivity index (χ2n) is 9.33. The summed E-state index contributed by atoms with van der Waals surface area (Å²) in [6.45, 7) is 4.07. The Labute approximate surface area is 241 Å². The zero-order chi connectivity index (χ0) is 27.4. The predicted molar refractivity (Wildman–Crippen MR) is 154 cm³/mol. The Morgan fingerprint density at radius 3 is 2.62 bits per heavy atom. The van der Waals surface area contributed by atoms with Gasteiger partial charge in [0.25, 0.3) is 5.91 Å². The molecule has 1 amide bonds. The highest BCUT2D eigenvalue weighted by Crippen LogP contribution is 2.30. The number of amides is 1. The largest absolute Gasteiger partial charge is 0.497 e. The molecule has 0 aliphatic carbocycles. The maximum Gasteiger partial charge on any atom is 0.253 e. The molecule has 5 rings (SSSR count). The van der Waals surface area contributed by atoms with E-state index in [0.717, 1.165) is 52.9 Å². The summed E-state index contributed by atoms with van der Waals surface area (Å²) in [5, 5.41) is 6.84. The minimum Gasteiger partial charge on any atom is -0.497 e. The fourth-order valence-corrected chi connectivity index (χ4v) is 5.77. The first kappa shape index (κ1) is 27.5. The van der Waals surface area contributed by atoms with Crippen LogP contribution in [0.4, 0.5) is 0 Å². The Morgan fingerprint density at radius 1 is 1.15 bits per heavy atom. The highest BCUT2D eigenvalue weighted by atomic mass is 35.5. The van der Waals surface area contributed by atoms with E-state index in [0.29, 0.717) is 34.4 Å². The lowest BCUT2D eigenvalue weighted by Crippen LogP contribution is -2.32. The van der Waals surface area contributed by atoms with Crippen LogP contribution in [-0.4, -0.2) is 41.8 Å². The smallest absolute Gasteiger partial charge is 0.253 e. The second kappa shape index (κ2) is 12.4. The first-order valence-corrected chi connectivity index (χ1v) is 14.3. The summed E-state index contributed by atoms with van der Waals surface area (Å²) in [5.41, 5.74) is 4.20. The average Bonchev–Trinajstić information content (AvgIpc) is 3.68. The molecule has 39 heavy (non-hydrogen) atoms. The topological polar surface area (TPSA) is 74.6 Å². The third kappa shape index (κ3) is 6.76. The third-order valence-electron chi connectivity index (χ3n) is 6.64.